The number of carbonyl (C=O) groups excluding carboxylic acids is 3. The van der Waals surface area contributed by atoms with E-state index >= 15 is 0 Å². The number of pyridine rings is 1. The molecule has 0 atom stereocenters. The summed E-state index contributed by atoms with van der Waals surface area (Å²) in [4.78, 5) is 57.2. The minimum atomic E-state index is -0.842. The van der Waals surface area contributed by atoms with Crippen LogP contribution in [-0.2, 0) is 45.2 Å². The van der Waals surface area contributed by atoms with Gasteiger partial charge in [-0.15, -0.1) is 0 Å². The van der Waals surface area contributed by atoms with E-state index in [0.717, 1.165) is 96.3 Å². The predicted octanol–water partition coefficient (Wildman–Crippen LogP) is 17.6. The summed E-state index contributed by atoms with van der Waals surface area (Å²) in [5, 5.41) is 27.2. The summed E-state index contributed by atoms with van der Waals surface area (Å²) in [6, 6.07) is 33.5. The number of rotatable bonds is 8. The predicted molar refractivity (Wildman–Crippen MR) is 467 cm³/mol. The van der Waals surface area contributed by atoms with E-state index in [0.29, 0.717) is 78.6 Å². The Kier molecular flexibility index (Phi) is 45.0. The number of piperazine rings is 1. The van der Waals surface area contributed by atoms with Crippen LogP contribution in [0.25, 0.3) is 0 Å². The minimum Gasteiger partial charge on any atom is -0.389 e. The highest BCUT2D eigenvalue weighted by Gasteiger charge is 2.39. The third kappa shape index (κ3) is 53.1. The van der Waals surface area contributed by atoms with Crippen molar-refractivity contribution in [2.45, 2.75) is 235 Å². The van der Waals surface area contributed by atoms with Gasteiger partial charge in [0.2, 0.25) is 0 Å². The van der Waals surface area contributed by atoms with E-state index in [-0.39, 0.29) is 34.1 Å². The molecule has 0 unspecified atom stereocenters. The first kappa shape index (κ1) is 103. The van der Waals surface area contributed by atoms with Crippen LogP contribution in [-0.4, -0.2) is 206 Å². The number of aromatic nitrogens is 5. The van der Waals surface area contributed by atoms with E-state index in [1.165, 1.54) is 21.8 Å². The maximum atomic E-state index is 12.2. The van der Waals surface area contributed by atoms with Gasteiger partial charge in [0.05, 0.1) is 83.2 Å². The number of nitrogens with zero attached hydrogens (tertiary/aromatic N) is 10. The molecule has 8 heterocycles. The maximum absolute atomic E-state index is 12.2. The fraction of sp³-hybridized carbons (Fsp3) is 0.634. The Hall–Kier alpha value is -7.10. The number of β-amino-alcohol motifs (C(OH)–C–C–N with tert-alkyl or cyclic N) is 1. The Bertz CT molecular complexity index is 3500. The molecule has 632 valence electrons. The number of amides is 3. The largest absolute Gasteiger partial charge is 0.389 e. The first-order chi connectivity index (χ1) is 51.4. The molecule has 3 aromatic heterocycles. The molecule has 0 saturated carbocycles. The lowest BCUT2D eigenvalue weighted by atomic mass is 9.84. The van der Waals surface area contributed by atoms with Gasteiger partial charge < -0.3 is 48.6 Å². The quantitative estimate of drug-likeness (QED) is 0.137. The highest BCUT2D eigenvalue weighted by atomic mass is 16.5. The molecule has 0 bridgehead atoms. The molecular weight excluding hydrogens is 1400 g/mol. The van der Waals surface area contributed by atoms with E-state index in [1.807, 2.05) is 124 Å². The Morgan fingerprint density at radius 1 is 0.455 bits per heavy atom. The molecule has 0 aliphatic carbocycles. The van der Waals surface area contributed by atoms with E-state index in [1.54, 1.807) is 61.7 Å². The summed E-state index contributed by atoms with van der Waals surface area (Å²) in [5.41, 5.74) is 7.41. The second-order valence-corrected chi connectivity index (χ2v) is 39.9. The van der Waals surface area contributed by atoms with Crippen molar-refractivity contribution < 1.29 is 38.8 Å². The molecule has 19 heteroatoms. The van der Waals surface area contributed by atoms with Crippen LogP contribution in [0.3, 0.4) is 0 Å². The monoisotopic (exact) mass is 1560 g/mol. The topological polar surface area (TPSA) is 193 Å². The summed E-state index contributed by atoms with van der Waals surface area (Å²) in [6.45, 7) is 75.0. The molecule has 4 fully saturated rings. The first-order valence-electron chi connectivity index (χ1n) is 40.4. The van der Waals surface area contributed by atoms with Crippen molar-refractivity contribution in [3.63, 3.8) is 0 Å². The number of likely N-dealkylation sites (N-methyl/N-ethyl adjacent to an activating group) is 1. The minimum absolute atomic E-state index is 0.00266. The summed E-state index contributed by atoms with van der Waals surface area (Å²) in [5.74, 6) is 0.264. The number of hydrogen-bond acceptors (Lipinski definition) is 13. The van der Waals surface area contributed by atoms with Gasteiger partial charge in [-0.05, 0) is 132 Å². The zero-order valence-electron chi connectivity index (χ0n) is 75.7. The molecule has 2 N–H and O–H groups in total. The Balaban J connectivity index is 0.000000631. The van der Waals surface area contributed by atoms with Crippen molar-refractivity contribution in [2.24, 2.45) is 34.1 Å². The molecule has 4 saturated heterocycles. The van der Waals surface area contributed by atoms with Crippen LogP contribution in [0.1, 0.15) is 242 Å². The van der Waals surface area contributed by atoms with Crippen LogP contribution in [0.15, 0.2) is 157 Å². The lowest BCUT2D eigenvalue weighted by Crippen LogP contribution is -2.61. The van der Waals surface area contributed by atoms with Gasteiger partial charge in [-0.25, -0.2) is 0 Å². The second kappa shape index (κ2) is 49.0. The number of benzene rings is 3. The Morgan fingerprint density at radius 3 is 1.22 bits per heavy atom. The average molecular weight is 1560 g/mol. The SMILES string of the molecule is CC(C)(C)C.CC(C)(C)C.CC(C)(C)C.CC(C)(C)C.CC(C)(C)C1=CCOCC1.CC(C)(C)c1ccc(C(=O)N2CCOCC2)cc1.CC(C)(O)Cn1ccccc1=O.CC1(O)CN(C(=O)c2ccccc2)C1.CN1CCN(C(=O)c2ccccc2)CC1.Cn1cc(C(C)(C)C)cn1.c1cnn(CCN2CCOCC2)c1. The third-order valence-corrected chi connectivity index (χ3v) is 15.7. The highest BCUT2D eigenvalue weighted by molar-refractivity contribution is 5.95. The van der Waals surface area contributed by atoms with E-state index in [2.05, 4.69) is 212 Å². The van der Waals surface area contributed by atoms with Gasteiger partial charge in [-0.3, -0.25) is 33.4 Å². The lowest BCUT2D eigenvalue weighted by molar-refractivity contribution is -0.0668. The van der Waals surface area contributed by atoms with Crippen LogP contribution >= 0.6 is 0 Å². The van der Waals surface area contributed by atoms with Crippen molar-refractivity contribution in [1.29, 1.82) is 0 Å². The molecule has 3 aromatic carbocycles. The Labute approximate surface area is 679 Å². The number of morpholine rings is 2. The van der Waals surface area contributed by atoms with Crippen LogP contribution in [0.5, 0.6) is 0 Å². The van der Waals surface area contributed by atoms with E-state index in [9.17, 15) is 29.4 Å². The molecule has 0 spiro atoms. The molecule has 19 nitrogen and oxygen atoms in total. The summed E-state index contributed by atoms with van der Waals surface area (Å²) >= 11 is 0. The molecule has 6 aromatic rings. The number of aryl methyl sites for hydroxylation is 1. The fourth-order valence-electron chi connectivity index (χ4n) is 10.0. The van der Waals surface area contributed by atoms with Gasteiger partial charge in [-0.2, -0.15) is 10.2 Å². The standard InChI is InChI=1S/C15H21NO2.C12H16N2O.C11H13NO2.C9H15N3O.C9H13NO2.C9H16O.C8H14N2.4C5H12/c1-15(2,3)13-6-4-12(5-7-13)14(17)16-8-10-18-11-9-16;1-13-7-9-14(10-8-13)12(15)11-5-3-2-4-6-11;1-11(14)7-12(8-11)10(13)9-5-3-2-4-6-9;1-2-10-12(3-1)5-4-11-6-8-13-9-7-11;1-9(2,12)7-10-6-4-3-5-8(10)11;1-9(2,3)8-4-6-10-7-5-8;1-8(2,3)7-5-9-10(4)6-7;4*1-5(2,3)4/h4-7H,8-11H2,1-3H3;2-6H,7-10H2,1H3;2-6,14H,7-8H2,1H3;1-3H,4-9H2;3-6,12H,7H2,1-2H3;4H,5-7H2,1-3H3;5-6H,1-4H3;4*1-4H3. The van der Waals surface area contributed by atoms with E-state index in [4.69, 9.17) is 14.2 Å². The van der Waals surface area contributed by atoms with Crippen molar-refractivity contribution in [3.8, 4) is 0 Å². The summed E-state index contributed by atoms with van der Waals surface area (Å²) in [6.07, 6.45) is 12.8. The van der Waals surface area contributed by atoms with Crippen LogP contribution < -0.4 is 5.56 Å². The molecular formula is C93H156N10O9. The van der Waals surface area contributed by atoms with Gasteiger partial charge in [0, 0.05) is 113 Å². The number of carbonyl (C=O) groups is 3. The normalized spacial score (nSPS) is 15.9. The third-order valence-electron chi connectivity index (χ3n) is 15.7. The number of ether oxygens (including phenoxy) is 3. The number of hydrogen-bond donors (Lipinski definition) is 2. The zero-order valence-corrected chi connectivity index (χ0v) is 75.7. The molecule has 5 aliphatic rings. The second-order valence-electron chi connectivity index (χ2n) is 39.9. The van der Waals surface area contributed by atoms with Crippen LogP contribution in [0.4, 0.5) is 0 Å². The van der Waals surface area contributed by atoms with Crippen molar-refractivity contribution >= 4 is 17.7 Å². The number of likely N-dealkylation sites (tertiary alicyclic amines) is 1. The van der Waals surface area contributed by atoms with Crippen molar-refractivity contribution in [2.75, 3.05) is 119 Å². The zero-order chi connectivity index (χ0) is 85.5. The van der Waals surface area contributed by atoms with Crippen LogP contribution in [0, 0.1) is 27.1 Å². The molecule has 11 rings (SSSR count). The van der Waals surface area contributed by atoms with E-state index < -0.39 is 11.2 Å². The van der Waals surface area contributed by atoms with Crippen LogP contribution in [0.2, 0.25) is 0 Å². The Morgan fingerprint density at radius 2 is 0.875 bits per heavy atom. The van der Waals surface area contributed by atoms with Gasteiger partial charge in [0.1, 0.15) is 0 Å². The van der Waals surface area contributed by atoms with Gasteiger partial charge in [0.25, 0.3) is 23.3 Å². The van der Waals surface area contributed by atoms with Crippen molar-refractivity contribution in [3.05, 3.63) is 190 Å². The van der Waals surface area contributed by atoms with Gasteiger partial charge >= 0.3 is 0 Å². The number of aliphatic hydroxyl groups is 2. The molecule has 3 amide bonds. The molecule has 112 heavy (non-hydrogen) atoms. The summed E-state index contributed by atoms with van der Waals surface area (Å²) < 4.78 is 21.0. The van der Waals surface area contributed by atoms with Gasteiger partial charge in [0.15, 0.2) is 0 Å². The summed E-state index contributed by atoms with van der Waals surface area (Å²) in [7, 11) is 4.03. The molecule has 0 radical (unpaired) electrons. The average Bonchev–Trinajstić information content (AvgIpc) is 0.835. The molecule has 5 aliphatic heterocycles. The smallest absolute Gasteiger partial charge is 0.254 e. The highest BCUT2D eigenvalue weighted by Crippen LogP contribution is 2.30. The van der Waals surface area contributed by atoms with Crippen molar-refractivity contribution in [1.82, 2.24) is 48.6 Å². The fourth-order valence-corrected chi connectivity index (χ4v) is 10.0. The van der Waals surface area contributed by atoms with Gasteiger partial charge in [-0.1, -0.05) is 239 Å². The lowest BCUT2D eigenvalue weighted by Gasteiger charge is -2.44. The first-order valence-corrected chi connectivity index (χ1v) is 40.4. The maximum Gasteiger partial charge on any atom is 0.254 e.